The minimum atomic E-state index is -2.82. The van der Waals surface area contributed by atoms with E-state index in [1.807, 2.05) is 25.1 Å². The lowest BCUT2D eigenvalue weighted by Gasteiger charge is -2.07. The first-order valence-electron chi connectivity index (χ1n) is 6.93. The SMILES string of the molecule is Cc1cccc(C(=O)NCCc2ccc(OC(F)F)cc2)c1. The van der Waals surface area contributed by atoms with E-state index in [-0.39, 0.29) is 11.7 Å². The molecule has 1 amide bonds. The molecule has 22 heavy (non-hydrogen) atoms. The summed E-state index contributed by atoms with van der Waals surface area (Å²) in [5.74, 6) is 0.00361. The minimum absolute atomic E-state index is 0.124. The number of benzene rings is 2. The lowest BCUT2D eigenvalue weighted by atomic mass is 10.1. The Balaban J connectivity index is 1.82. The van der Waals surface area contributed by atoms with Crippen LogP contribution in [0.25, 0.3) is 0 Å². The molecule has 116 valence electrons. The van der Waals surface area contributed by atoms with Crippen LogP contribution in [0.3, 0.4) is 0 Å². The Hall–Kier alpha value is -2.43. The largest absolute Gasteiger partial charge is 0.435 e. The van der Waals surface area contributed by atoms with Crippen molar-refractivity contribution < 1.29 is 18.3 Å². The molecule has 0 heterocycles. The van der Waals surface area contributed by atoms with Crippen LogP contribution >= 0.6 is 0 Å². The van der Waals surface area contributed by atoms with E-state index in [9.17, 15) is 13.6 Å². The van der Waals surface area contributed by atoms with Crippen LogP contribution in [0.4, 0.5) is 8.78 Å². The summed E-state index contributed by atoms with van der Waals surface area (Å²) in [6.07, 6.45) is 0.618. The zero-order valence-electron chi connectivity index (χ0n) is 12.2. The summed E-state index contributed by atoms with van der Waals surface area (Å²) in [5.41, 5.74) is 2.59. The van der Waals surface area contributed by atoms with Crippen LogP contribution in [-0.2, 0) is 6.42 Å². The van der Waals surface area contributed by atoms with Gasteiger partial charge in [0.2, 0.25) is 0 Å². The molecule has 0 aliphatic heterocycles. The molecule has 1 N–H and O–H groups in total. The fraction of sp³-hybridized carbons (Fsp3) is 0.235. The number of hydrogen-bond acceptors (Lipinski definition) is 2. The van der Waals surface area contributed by atoms with Gasteiger partial charge in [-0.2, -0.15) is 8.78 Å². The van der Waals surface area contributed by atoms with E-state index in [1.54, 1.807) is 18.2 Å². The molecular formula is C17H17F2NO2. The second kappa shape index (κ2) is 7.54. The molecule has 5 heteroatoms. The number of amides is 1. The third kappa shape index (κ3) is 4.84. The van der Waals surface area contributed by atoms with E-state index in [1.165, 1.54) is 12.1 Å². The molecule has 0 saturated heterocycles. The van der Waals surface area contributed by atoms with Crippen LogP contribution in [0.5, 0.6) is 5.75 Å². The Kier molecular flexibility index (Phi) is 5.47. The second-order valence-corrected chi connectivity index (χ2v) is 4.90. The normalized spacial score (nSPS) is 10.5. The van der Waals surface area contributed by atoms with Crippen molar-refractivity contribution in [3.63, 3.8) is 0 Å². The number of halogens is 2. The third-order valence-electron chi connectivity index (χ3n) is 3.13. The van der Waals surface area contributed by atoms with Gasteiger partial charge in [0.25, 0.3) is 5.91 Å². The Morgan fingerprint density at radius 1 is 1.18 bits per heavy atom. The molecule has 0 aliphatic carbocycles. The Morgan fingerprint density at radius 3 is 2.55 bits per heavy atom. The highest BCUT2D eigenvalue weighted by atomic mass is 19.3. The summed E-state index contributed by atoms with van der Waals surface area (Å²) in [6, 6.07) is 13.7. The first kappa shape index (κ1) is 15.9. The predicted molar refractivity (Wildman–Crippen MR) is 80.3 cm³/mol. The standard InChI is InChI=1S/C17H17F2NO2/c1-12-3-2-4-14(11-12)16(21)20-10-9-13-5-7-15(8-6-13)22-17(18)19/h2-8,11,17H,9-10H2,1H3,(H,20,21). The van der Waals surface area contributed by atoms with Crippen LogP contribution in [0.2, 0.25) is 0 Å². The summed E-state index contributed by atoms with van der Waals surface area (Å²) in [6.45, 7) is -0.416. The van der Waals surface area contributed by atoms with Crippen LogP contribution in [0.1, 0.15) is 21.5 Å². The van der Waals surface area contributed by atoms with Crippen molar-refractivity contribution in [3.8, 4) is 5.75 Å². The lowest BCUT2D eigenvalue weighted by Crippen LogP contribution is -2.25. The van der Waals surface area contributed by atoms with Gasteiger partial charge in [0.1, 0.15) is 5.75 Å². The molecule has 0 bridgehead atoms. The molecule has 0 radical (unpaired) electrons. The predicted octanol–water partition coefficient (Wildman–Crippen LogP) is 3.57. The zero-order valence-corrected chi connectivity index (χ0v) is 12.2. The maximum Gasteiger partial charge on any atom is 0.387 e. The molecule has 0 atom stereocenters. The Labute approximate surface area is 127 Å². The highest BCUT2D eigenvalue weighted by Crippen LogP contribution is 2.15. The molecule has 0 spiro atoms. The molecule has 0 unspecified atom stereocenters. The number of aryl methyl sites for hydroxylation is 1. The Bertz CT molecular complexity index is 627. The number of ether oxygens (including phenoxy) is 1. The van der Waals surface area contributed by atoms with E-state index >= 15 is 0 Å². The van der Waals surface area contributed by atoms with E-state index < -0.39 is 6.61 Å². The summed E-state index contributed by atoms with van der Waals surface area (Å²) in [7, 11) is 0. The van der Waals surface area contributed by atoms with Crippen LogP contribution in [-0.4, -0.2) is 19.1 Å². The van der Waals surface area contributed by atoms with Gasteiger partial charge >= 0.3 is 6.61 Å². The summed E-state index contributed by atoms with van der Waals surface area (Å²) in [5, 5.41) is 2.83. The molecule has 2 aromatic rings. The highest BCUT2D eigenvalue weighted by molar-refractivity contribution is 5.94. The van der Waals surface area contributed by atoms with Gasteiger partial charge in [0, 0.05) is 12.1 Å². The minimum Gasteiger partial charge on any atom is -0.435 e. The third-order valence-corrected chi connectivity index (χ3v) is 3.13. The van der Waals surface area contributed by atoms with Crippen LogP contribution < -0.4 is 10.1 Å². The van der Waals surface area contributed by atoms with Crippen molar-refractivity contribution in [1.29, 1.82) is 0 Å². The van der Waals surface area contributed by atoms with Crippen molar-refractivity contribution in [2.45, 2.75) is 20.0 Å². The summed E-state index contributed by atoms with van der Waals surface area (Å²) < 4.78 is 28.3. The summed E-state index contributed by atoms with van der Waals surface area (Å²) >= 11 is 0. The van der Waals surface area contributed by atoms with Gasteiger partial charge < -0.3 is 10.1 Å². The van der Waals surface area contributed by atoms with Gasteiger partial charge in [-0.3, -0.25) is 4.79 Å². The number of rotatable bonds is 6. The number of carbonyl (C=O) groups is 1. The zero-order chi connectivity index (χ0) is 15.9. The van der Waals surface area contributed by atoms with Crippen molar-refractivity contribution in [2.24, 2.45) is 0 Å². The molecule has 2 aromatic carbocycles. The molecule has 0 aliphatic rings. The van der Waals surface area contributed by atoms with Gasteiger partial charge in [0.15, 0.2) is 0 Å². The number of carbonyl (C=O) groups excluding carboxylic acids is 1. The maximum atomic E-state index is 12.0. The van der Waals surface area contributed by atoms with Gasteiger partial charge in [-0.05, 0) is 43.2 Å². The monoisotopic (exact) mass is 305 g/mol. The smallest absolute Gasteiger partial charge is 0.387 e. The van der Waals surface area contributed by atoms with Gasteiger partial charge in [0.05, 0.1) is 0 Å². The fourth-order valence-electron chi connectivity index (χ4n) is 2.05. The van der Waals surface area contributed by atoms with E-state index in [0.717, 1.165) is 11.1 Å². The number of nitrogens with one attached hydrogen (secondary N) is 1. The van der Waals surface area contributed by atoms with Crippen molar-refractivity contribution in [1.82, 2.24) is 5.32 Å². The molecule has 0 aromatic heterocycles. The van der Waals surface area contributed by atoms with E-state index in [0.29, 0.717) is 18.5 Å². The molecule has 3 nitrogen and oxygen atoms in total. The molecular weight excluding hydrogens is 288 g/mol. The quantitative estimate of drug-likeness (QED) is 0.886. The highest BCUT2D eigenvalue weighted by Gasteiger charge is 2.06. The fourth-order valence-corrected chi connectivity index (χ4v) is 2.05. The average molecular weight is 305 g/mol. The first-order valence-corrected chi connectivity index (χ1v) is 6.93. The average Bonchev–Trinajstić information content (AvgIpc) is 2.48. The van der Waals surface area contributed by atoms with Crippen molar-refractivity contribution in [3.05, 3.63) is 65.2 Å². The topological polar surface area (TPSA) is 38.3 Å². The number of hydrogen-bond donors (Lipinski definition) is 1. The van der Waals surface area contributed by atoms with E-state index in [2.05, 4.69) is 10.1 Å². The molecule has 2 rings (SSSR count). The van der Waals surface area contributed by atoms with Crippen LogP contribution in [0.15, 0.2) is 48.5 Å². The van der Waals surface area contributed by atoms with Gasteiger partial charge in [-0.15, -0.1) is 0 Å². The lowest BCUT2D eigenvalue weighted by molar-refractivity contribution is -0.0498. The number of alkyl halides is 2. The molecule has 0 fully saturated rings. The van der Waals surface area contributed by atoms with Crippen molar-refractivity contribution >= 4 is 5.91 Å². The maximum absolute atomic E-state index is 12.0. The van der Waals surface area contributed by atoms with Gasteiger partial charge in [-0.25, -0.2) is 0 Å². The van der Waals surface area contributed by atoms with Crippen LogP contribution in [0, 0.1) is 6.92 Å². The first-order chi connectivity index (χ1) is 10.5. The van der Waals surface area contributed by atoms with Crippen molar-refractivity contribution in [2.75, 3.05) is 6.54 Å². The second-order valence-electron chi connectivity index (χ2n) is 4.90. The van der Waals surface area contributed by atoms with Gasteiger partial charge in [-0.1, -0.05) is 29.8 Å². The summed E-state index contributed by atoms with van der Waals surface area (Å²) in [4.78, 5) is 11.9. The molecule has 0 saturated carbocycles. The van der Waals surface area contributed by atoms with E-state index in [4.69, 9.17) is 0 Å². The Morgan fingerprint density at radius 2 is 1.91 bits per heavy atom.